The summed E-state index contributed by atoms with van der Waals surface area (Å²) in [6, 6.07) is -1.54. The van der Waals surface area contributed by atoms with Gasteiger partial charge in [-0.3, -0.25) is 23.4 Å². The molecule has 0 radical (unpaired) electrons. The zero-order valence-corrected chi connectivity index (χ0v) is 35.1. The van der Waals surface area contributed by atoms with Crippen molar-refractivity contribution in [2.45, 2.75) is 154 Å². The van der Waals surface area contributed by atoms with Crippen LogP contribution in [-0.4, -0.2) is 59.9 Å². The summed E-state index contributed by atoms with van der Waals surface area (Å²) in [5, 5.41) is 8.88. The summed E-state index contributed by atoms with van der Waals surface area (Å²) in [5.74, 6) is -2.48. The second kappa shape index (κ2) is 38.5. The molecule has 318 valence electrons. The second-order valence-corrected chi connectivity index (χ2v) is 14.8. The monoisotopic (exact) mass is 805 g/mol. The number of rotatable bonds is 37. The fourth-order valence-corrected chi connectivity index (χ4v) is 5.67. The van der Waals surface area contributed by atoms with E-state index >= 15 is 0 Å². The minimum atomic E-state index is -4.74. The number of phosphoric acid groups is 1. The number of unbranched alkanes of at least 4 members (excludes halogenated alkanes) is 9. The molecule has 0 bridgehead atoms. The van der Waals surface area contributed by atoms with Gasteiger partial charge >= 0.3 is 25.7 Å². The molecule has 0 saturated carbocycles. The number of aliphatic carboxylic acids is 1. The molecule has 0 fully saturated rings. The molecule has 4 N–H and O–H groups in total. The number of ether oxygens (including phenoxy) is 2. The smallest absolute Gasteiger partial charge is 0.472 e. The van der Waals surface area contributed by atoms with Crippen LogP contribution >= 0.6 is 7.82 Å². The van der Waals surface area contributed by atoms with Gasteiger partial charge in [-0.1, -0.05) is 131 Å². The zero-order chi connectivity index (χ0) is 41.4. The van der Waals surface area contributed by atoms with Crippen molar-refractivity contribution in [1.29, 1.82) is 0 Å². The number of allylic oxidation sites excluding steroid dienone is 14. The number of nitrogens with two attached hydrogens (primary N) is 1. The first-order valence-corrected chi connectivity index (χ1v) is 22.1. The summed E-state index contributed by atoms with van der Waals surface area (Å²) < 4.78 is 32.6. The molecule has 0 aromatic heterocycles. The minimum absolute atomic E-state index is 0.128. The van der Waals surface area contributed by atoms with E-state index in [2.05, 4.69) is 91.3 Å². The summed E-state index contributed by atoms with van der Waals surface area (Å²) in [7, 11) is -4.74. The predicted molar refractivity (Wildman–Crippen MR) is 226 cm³/mol. The standard InChI is InChI=1S/C44H72NO10P/c1-3-5-7-9-11-13-15-17-19-20-22-23-25-27-29-31-33-35-42(46)52-37-40(38-53-56(50,51)54-39-41(45)44(48)49)55-43(47)36-34-32-30-28-26-24-21-18-16-14-12-10-8-6-4-2/h5,7,11-14,17-19,21-23,27,29,40-41H,3-4,6,8-10,15-16,20,24-26,28,30-39,45H2,1-2H3,(H,48,49)(H,50,51)/b7-5+,13-11+,14-12+,19-17+,21-18+,23-22+,29-27+/t40-,41+/m1/s1. The van der Waals surface area contributed by atoms with E-state index in [1.807, 2.05) is 12.2 Å². The van der Waals surface area contributed by atoms with Crippen molar-refractivity contribution in [3.05, 3.63) is 85.1 Å². The Balaban J connectivity index is 4.54. The topological polar surface area (TPSA) is 172 Å². The first kappa shape index (κ1) is 52.7. The summed E-state index contributed by atoms with van der Waals surface area (Å²) in [4.78, 5) is 45.9. The lowest BCUT2D eigenvalue weighted by Gasteiger charge is -2.20. The third-order valence-corrected chi connectivity index (χ3v) is 9.08. The number of phosphoric ester groups is 1. The summed E-state index contributed by atoms with van der Waals surface area (Å²) in [6.45, 7) is 2.56. The summed E-state index contributed by atoms with van der Waals surface area (Å²) in [5.41, 5.74) is 5.32. The average molecular weight is 806 g/mol. The highest BCUT2D eigenvalue weighted by Gasteiger charge is 2.28. The number of carboxylic acids is 1. The Bertz CT molecular complexity index is 1270. The lowest BCUT2D eigenvalue weighted by atomic mass is 10.1. The highest BCUT2D eigenvalue weighted by Crippen LogP contribution is 2.43. The van der Waals surface area contributed by atoms with Gasteiger partial charge in [0, 0.05) is 12.8 Å². The van der Waals surface area contributed by atoms with E-state index in [-0.39, 0.29) is 19.4 Å². The molecule has 0 aromatic rings. The van der Waals surface area contributed by atoms with Crippen molar-refractivity contribution in [1.82, 2.24) is 0 Å². The molecule has 0 aromatic carbocycles. The number of carbonyl (C=O) groups is 3. The molecule has 0 aliphatic heterocycles. The second-order valence-electron chi connectivity index (χ2n) is 13.4. The van der Waals surface area contributed by atoms with Crippen molar-refractivity contribution < 1.29 is 47.5 Å². The molecule has 56 heavy (non-hydrogen) atoms. The van der Waals surface area contributed by atoms with Gasteiger partial charge in [-0.15, -0.1) is 0 Å². The van der Waals surface area contributed by atoms with Crippen LogP contribution in [0.5, 0.6) is 0 Å². The van der Waals surface area contributed by atoms with Gasteiger partial charge in [0.25, 0.3) is 0 Å². The molecule has 0 amide bonds. The van der Waals surface area contributed by atoms with E-state index in [4.69, 9.17) is 24.8 Å². The van der Waals surface area contributed by atoms with E-state index in [1.54, 1.807) is 0 Å². The molecule has 1 unspecified atom stereocenters. The normalized spacial score (nSPS) is 14.6. The Hall–Kier alpha value is -3.34. The highest BCUT2D eigenvalue weighted by atomic mass is 31.2. The van der Waals surface area contributed by atoms with Crippen LogP contribution in [-0.2, 0) is 37.5 Å². The van der Waals surface area contributed by atoms with Crippen LogP contribution in [0.25, 0.3) is 0 Å². The summed E-state index contributed by atoms with van der Waals surface area (Å²) >= 11 is 0. The first-order chi connectivity index (χ1) is 27.1. The van der Waals surface area contributed by atoms with Gasteiger partial charge < -0.3 is 25.2 Å². The van der Waals surface area contributed by atoms with Crippen LogP contribution in [0.2, 0.25) is 0 Å². The lowest BCUT2D eigenvalue weighted by Crippen LogP contribution is -2.34. The Kier molecular flexibility index (Phi) is 36.2. The zero-order valence-electron chi connectivity index (χ0n) is 34.2. The first-order valence-electron chi connectivity index (χ1n) is 20.6. The maximum atomic E-state index is 12.6. The quantitative estimate of drug-likeness (QED) is 0.0236. The number of hydrogen-bond donors (Lipinski definition) is 3. The van der Waals surface area contributed by atoms with Gasteiger partial charge in [0.1, 0.15) is 12.6 Å². The molecule has 0 aliphatic carbocycles. The molecule has 11 nitrogen and oxygen atoms in total. The van der Waals surface area contributed by atoms with Crippen LogP contribution in [0, 0.1) is 0 Å². The van der Waals surface area contributed by atoms with Crippen molar-refractivity contribution >= 4 is 25.7 Å². The van der Waals surface area contributed by atoms with Gasteiger partial charge in [0.05, 0.1) is 13.2 Å². The summed E-state index contributed by atoms with van der Waals surface area (Å²) in [6.07, 6.45) is 46.5. The molecular formula is C44H72NO10P. The molecule has 0 aliphatic rings. The van der Waals surface area contributed by atoms with Crippen LogP contribution in [0.4, 0.5) is 0 Å². The Morgan fingerprint density at radius 1 is 0.571 bits per heavy atom. The van der Waals surface area contributed by atoms with Crippen LogP contribution < -0.4 is 5.73 Å². The third-order valence-electron chi connectivity index (χ3n) is 8.13. The average Bonchev–Trinajstić information content (AvgIpc) is 3.17. The number of carbonyl (C=O) groups excluding carboxylic acids is 2. The van der Waals surface area contributed by atoms with Crippen LogP contribution in [0.1, 0.15) is 142 Å². The van der Waals surface area contributed by atoms with E-state index in [1.165, 1.54) is 19.3 Å². The number of esters is 2. The SMILES string of the molecule is CC/C=C/C/C=C/C/C=C/C/C=C/C/C=C/CCCC(=O)OC[C@H](COP(=O)(O)OC[C@H](N)C(=O)O)OC(=O)CCCCCCC/C=C/C/C=C/CCCCC. The molecular weight excluding hydrogens is 733 g/mol. The molecule has 3 atom stereocenters. The van der Waals surface area contributed by atoms with Gasteiger partial charge in [0.15, 0.2) is 6.10 Å². The maximum absolute atomic E-state index is 12.6. The fourth-order valence-electron chi connectivity index (χ4n) is 4.89. The third kappa shape index (κ3) is 37.6. The number of carboxylic acid groups (broad SMARTS) is 1. The Morgan fingerprint density at radius 2 is 1.02 bits per heavy atom. The van der Waals surface area contributed by atoms with Crippen LogP contribution in [0.3, 0.4) is 0 Å². The molecule has 0 heterocycles. The van der Waals surface area contributed by atoms with Gasteiger partial charge in [-0.05, 0) is 83.5 Å². The predicted octanol–water partition coefficient (Wildman–Crippen LogP) is 10.7. The molecule has 0 rings (SSSR count). The Labute approximate surface area is 337 Å². The van der Waals surface area contributed by atoms with Gasteiger partial charge in [-0.2, -0.15) is 0 Å². The Morgan fingerprint density at radius 3 is 1.55 bits per heavy atom. The maximum Gasteiger partial charge on any atom is 0.472 e. The fraction of sp³-hybridized carbons (Fsp3) is 0.614. The van der Waals surface area contributed by atoms with Crippen LogP contribution in [0.15, 0.2) is 85.1 Å². The lowest BCUT2D eigenvalue weighted by molar-refractivity contribution is -0.161. The molecule has 12 heteroatoms. The van der Waals surface area contributed by atoms with Crippen molar-refractivity contribution in [3.63, 3.8) is 0 Å². The number of hydrogen-bond acceptors (Lipinski definition) is 9. The van der Waals surface area contributed by atoms with E-state index in [0.29, 0.717) is 19.3 Å². The van der Waals surface area contributed by atoms with Gasteiger partial charge in [-0.25, -0.2) is 4.57 Å². The van der Waals surface area contributed by atoms with Crippen molar-refractivity contribution in [2.75, 3.05) is 19.8 Å². The van der Waals surface area contributed by atoms with Gasteiger partial charge in [0.2, 0.25) is 0 Å². The molecule has 0 spiro atoms. The van der Waals surface area contributed by atoms with E-state index in [9.17, 15) is 23.8 Å². The largest absolute Gasteiger partial charge is 0.480 e. The van der Waals surface area contributed by atoms with E-state index < -0.39 is 51.1 Å². The van der Waals surface area contributed by atoms with Crippen molar-refractivity contribution in [3.8, 4) is 0 Å². The minimum Gasteiger partial charge on any atom is -0.480 e. The van der Waals surface area contributed by atoms with E-state index in [0.717, 1.165) is 77.0 Å². The highest BCUT2D eigenvalue weighted by molar-refractivity contribution is 7.47. The molecule has 0 saturated heterocycles. The van der Waals surface area contributed by atoms with Crippen molar-refractivity contribution in [2.24, 2.45) is 5.73 Å².